The van der Waals surface area contributed by atoms with Crippen LogP contribution >= 0.6 is 10.5 Å². The van der Waals surface area contributed by atoms with Crippen molar-refractivity contribution in [2.24, 2.45) is 0 Å². The Labute approximate surface area is 159 Å². The van der Waals surface area contributed by atoms with Crippen molar-refractivity contribution in [2.75, 3.05) is 6.26 Å². The van der Waals surface area contributed by atoms with Crippen LogP contribution in [0.25, 0.3) is 33.9 Å². The number of aromatic nitrogens is 3. The SMILES string of the molecule is C=S(C)c1ccc(-c2nc(-c3ccc(F)cc3)c(-c3ccncc3)[nH]2)cc1. The number of hydrogen-bond acceptors (Lipinski definition) is 2. The molecule has 0 amide bonds. The predicted molar refractivity (Wildman–Crippen MR) is 112 cm³/mol. The first-order chi connectivity index (χ1) is 13.1. The van der Waals surface area contributed by atoms with Crippen molar-refractivity contribution >= 4 is 16.4 Å². The molecule has 2 heterocycles. The lowest BCUT2D eigenvalue weighted by atomic mass is 10.1. The van der Waals surface area contributed by atoms with Crippen molar-refractivity contribution in [3.05, 3.63) is 78.9 Å². The van der Waals surface area contributed by atoms with Gasteiger partial charge in [-0.15, -0.1) is 0 Å². The molecule has 0 spiro atoms. The molecule has 2 aromatic heterocycles. The number of H-pyrrole nitrogens is 1. The molecular formula is C22H18FN3S. The number of rotatable bonds is 4. The first-order valence-electron chi connectivity index (χ1n) is 8.44. The summed E-state index contributed by atoms with van der Waals surface area (Å²) in [5, 5.41) is 0. The van der Waals surface area contributed by atoms with Crippen LogP contribution in [0.15, 0.2) is 78.0 Å². The van der Waals surface area contributed by atoms with E-state index in [2.05, 4.69) is 34.2 Å². The largest absolute Gasteiger partial charge is 0.337 e. The number of nitrogens with one attached hydrogen (secondary N) is 1. The molecule has 3 nitrogen and oxygen atoms in total. The van der Waals surface area contributed by atoms with Crippen molar-refractivity contribution in [3.8, 4) is 33.9 Å². The van der Waals surface area contributed by atoms with E-state index in [1.807, 2.05) is 24.3 Å². The zero-order valence-corrected chi connectivity index (χ0v) is 15.6. The summed E-state index contributed by atoms with van der Waals surface area (Å²) in [6.45, 7) is 0. The highest BCUT2D eigenvalue weighted by atomic mass is 32.2. The second-order valence-corrected chi connectivity index (χ2v) is 7.96. The van der Waals surface area contributed by atoms with Gasteiger partial charge < -0.3 is 4.98 Å². The average Bonchev–Trinajstić information content (AvgIpc) is 3.15. The van der Waals surface area contributed by atoms with Crippen LogP contribution in [0.2, 0.25) is 0 Å². The van der Waals surface area contributed by atoms with E-state index in [4.69, 9.17) is 4.98 Å². The maximum Gasteiger partial charge on any atom is 0.138 e. The van der Waals surface area contributed by atoms with E-state index >= 15 is 0 Å². The fourth-order valence-corrected chi connectivity index (χ4v) is 3.50. The topological polar surface area (TPSA) is 41.6 Å². The van der Waals surface area contributed by atoms with Crippen LogP contribution in [-0.2, 0) is 0 Å². The highest BCUT2D eigenvalue weighted by Gasteiger charge is 2.15. The Hall–Kier alpha value is -3.05. The van der Waals surface area contributed by atoms with Gasteiger partial charge in [0.1, 0.15) is 11.6 Å². The summed E-state index contributed by atoms with van der Waals surface area (Å²) >= 11 is 0. The van der Waals surface area contributed by atoms with E-state index in [-0.39, 0.29) is 16.3 Å². The minimum absolute atomic E-state index is 0.0275. The van der Waals surface area contributed by atoms with Gasteiger partial charge >= 0.3 is 0 Å². The van der Waals surface area contributed by atoms with E-state index in [0.717, 1.165) is 33.9 Å². The molecule has 0 fully saturated rings. The fourth-order valence-electron chi connectivity index (χ4n) is 2.90. The van der Waals surface area contributed by atoms with Gasteiger partial charge in [0.15, 0.2) is 0 Å². The predicted octanol–water partition coefficient (Wildman–Crippen LogP) is 5.63. The molecule has 0 radical (unpaired) electrons. The van der Waals surface area contributed by atoms with Gasteiger partial charge in [-0.3, -0.25) is 4.98 Å². The maximum absolute atomic E-state index is 13.4. The third kappa shape index (κ3) is 3.59. The summed E-state index contributed by atoms with van der Waals surface area (Å²) in [4.78, 5) is 13.5. The minimum atomic E-state index is -0.265. The lowest BCUT2D eigenvalue weighted by Gasteiger charge is -2.02. The van der Waals surface area contributed by atoms with E-state index < -0.39 is 0 Å². The molecule has 2 aromatic carbocycles. The Balaban J connectivity index is 1.84. The third-order valence-electron chi connectivity index (χ3n) is 4.32. The quantitative estimate of drug-likeness (QED) is 0.469. The van der Waals surface area contributed by atoms with Gasteiger partial charge in [0.2, 0.25) is 0 Å². The lowest BCUT2D eigenvalue weighted by Crippen LogP contribution is -1.84. The van der Waals surface area contributed by atoms with Gasteiger partial charge in [0.25, 0.3) is 0 Å². The lowest BCUT2D eigenvalue weighted by molar-refractivity contribution is 0.628. The van der Waals surface area contributed by atoms with Gasteiger partial charge in [-0.25, -0.2) is 9.37 Å². The van der Waals surface area contributed by atoms with Crippen LogP contribution < -0.4 is 0 Å². The second kappa shape index (κ2) is 7.29. The molecule has 27 heavy (non-hydrogen) atoms. The smallest absolute Gasteiger partial charge is 0.138 e. The molecule has 0 aliphatic rings. The number of imidazole rings is 1. The maximum atomic E-state index is 13.4. The molecule has 0 aliphatic carbocycles. The summed E-state index contributed by atoms with van der Waals surface area (Å²) < 4.78 is 13.4. The van der Waals surface area contributed by atoms with Gasteiger partial charge in [-0.1, -0.05) is 18.0 Å². The molecule has 1 N–H and O–H groups in total. The standard InChI is InChI=1S/C22H18FN3S/c1-27(2)19-9-5-17(6-10-19)22-25-20(15-3-7-18(23)8-4-15)21(26-22)16-11-13-24-14-12-16/h3-14H,1H2,2H3,(H,25,26). The minimum Gasteiger partial charge on any atom is -0.337 e. The summed E-state index contributed by atoms with van der Waals surface area (Å²) in [7, 11) is -0.0275. The normalized spacial score (nSPS) is 12.1. The van der Waals surface area contributed by atoms with Crippen LogP contribution in [0.3, 0.4) is 0 Å². The van der Waals surface area contributed by atoms with Crippen LogP contribution in [0.5, 0.6) is 0 Å². The van der Waals surface area contributed by atoms with Gasteiger partial charge in [-0.05, 0) is 54.8 Å². The summed E-state index contributed by atoms with van der Waals surface area (Å²) in [5.41, 5.74) is 4.50. The van der Waals surface area contributed by atoms with E-state index in [1.54, 1.807) is 24.5 Å². The molecule has 1 unspecified atom stereocenters. The summed E-state index contributed by atoms with van der Waals surface area (Å²) in [6.07, 6.45) is 5.58. The van der Waals surface area contributed by atoms with E-state index in [0.29, 0.717) is 0 Å². The average molecular weight is 375 g/mol. The second-order valence-electron chi connectivity index (χ2n) is 6.21. The zero-order valence-electron chi connectivity index (χ0n) is 14.8. The van der Waals surface area contributed by atoms with Crippen molar-refractivity contribution in [1.29, 1.82) is 0 Å². The van der Waals surface area contributed by atoms with Gasteiger partial charge in [0.05, 0.1) is 11.4 Å². The monoisotopic (exact) mass is 375 g/mol. The van der Waals surface area contributed by atoms with Crippen LogP contribution in [-0.4, -0.2) is 27.1 Å². The van der Waals surface area contributed by atoms with Gasteiger partial charge in [0, 0.05) is 34.0 Å². The molecule has 0 aliphatic heterocycles. The molecule has 5 heteroatoms. The molecule has 4 rings (SSSR count). The Kier molecular flexibility index (Phi) is 4.69. The zero-order chi connectivity index (χ0) is 18.8. The van der Waals surface area contributed by atoms with Crippen molar-refractivity contribution < 1.29 is 4.39 Å². The number of pyridine rings is 1. The number of benzene rings is 2. The highest BCUT2D eigenvalue weighted by molar-refractivity contribution is 8.13. The Morgan fingerprint density at radius 3 is 2.11 bits per heavy atom. The molecule has 134 valence electrons. The van der Waals surface area contributed by atoms with E-state index in [1.165, 1.54) is 17.0 Å². The summed E-state index contributed by atoms with van der Waals surface area (Å²) in [5.74, 6) is 4.59. The number of aromatic amines is 1. The van der Waals surface area contributed by atoms with Crippen LogP contribution in [0.4, 0.5) is 4.39 Å². The number of nitrogens with zero attached hydrogens (tertiary/aromatic N) is 2. The molecule has 0 saturated carbocycles. The van der Waals surface area contributed by atoms with Crippen molar-refractivity contribution in [3.63, 3.8) is 0 Å². The fraction of sp³-hybridized carbons (Fsp3) is 0.0455. The highest BCUT2D eigenvalue weighted by Crippen LogP contribution is 2.33. The van der Waals surface area contributed by atoms with Crippen molar-refractivity contribution in [1.82, 2.24) is 15.0 Å². The van der Waals surface area contributed by atoms with E-state index in [9.17, 15) is 4.39 Å². The summed E-state index contributed by atoms with van der Waals surface area (Å²) in [6, 6.07) is 18.5. The number of halogens is 1. The molecule has 0 bridgehead atoms. The Bertz CT molecular complexity index is 1080. The molecular weight excluding hydrogens is 357 g/mol. The van der Waals surface area contributed by atoms with Crippen LogP contribution in [0.1, 0.15) is 0 Å². The first kappa shape index (κ1) is 17.4. The molecule has 4 aromatic rings. The number of hydrogen-bond donors (Lipinski definition) is 1. The third-order valence-corrected chi connectivity index (χ3v) is 5.40. The Morgan fingerprint density at radius 1 is 0.852 bits per heavy atom. The Morgan fingerprint density at radius 2 is 1.48 bits per heavy atom. The first-order valence-corrected chi connectivity index (χ1v) is 10.2. The molecule has 0 saturated heterocycles. The van der Waals surface area contributed by atoms with Gasteiger partial charge in [-0.2, -0.15) is 10.5 Å². The molecule has 1 atom stereocenters. The van der Waals surface area contributed by atoms with Crippen molar-refractivity contribution in [2.45, 2.75) is 4.90 Å². The van der Waals surface area contributed by atoms with Crippen LogP contribution in [0, 0.1) is 5.82 Å².